The van der Waals surface area contributed by atoms with Crippen LogP contribution in [0.25, 0.3) is 0 Å². The highest BCUT2D eigenvalue weighted by Gasteiger charge is 2.36. The molecule has 2 rings (SSSR count). The molecule has 5 heteroatoms. The molecule has 1 amide bonds. The van der Waals surface area contributed by atoms with Crippen molar-refractivity contribution in [2.45, 2.75) is 11.8 Å². The van der Waals surface area contributed by atoms with Gasteiger partial charge in [-0.2, -0.15) is 0 Å². The van der Waals surface area contributed by atoms with E-state index in [1.54, 1.807) is 16.7 Å². The Labute approximate surface area is 110 Å². The quantitative estimate of drug-likeness (QED) is 0.848. The van der Waals surface area contributed by atoms with E-state index in [1.807, 2.05) is 31.4 Å². The molecule has 1 fully saturated rings. The molecule has 0 unspecified atom stereocenters. The second-order valence-corrected chi connectivity index (χ2v) is 5.31. The molecular weight excluding hydrogens is 250 g/mol. The molecule has 0 aromatic heterocycles. The summed E-state index contributed by atoms with van der Waals surface area (Å²) in [5.41, 5.74) is 1.60. The number of nitrogens with zero attached hydrogens (tertiary/aromatic N) is 1. The van der Waals surface area contributed by atoms with Crippen LogP contribution in [0.15, 0.2) is 23.1 Å². The molecule has 1 heterocycles. The Morgan fingerprint density at radius 1 is 1.39 bits per heavy atom. The minimum Gasteiger partial charge on any atom is -0.481 e. The topological polar surface area (TPSA) is 57.6 Å². The molecule has 96 valence electrons. The summed E-state index contributed by atoms with van der Waals surface area (Å²) in [7, 11) is 0. The van der Waals surface area contributed by atoms with Gasteiger partial charge in [-0.15, -0.1) is 11.8 Å². The Morgan fingerprint density at radius 3 is 2.61 bits per heavy atom. The largest absolute Gasteiger partial charge is 0.481 e. The molecule has 0 saturated carbocycles. The monoisotopic (exact) mass is 265 g/mol. The molecule has 1 aliphatic rings. The van der Waals surface area contributed by atoms with Gasteiger partial charge in [0.1, 0.15) is 0 Å². The first-order valence-corrected chi connectivity index (χ1v) is 6.92. The van der Waals surface area contributed by atoms with Crippen molar-refractivity contribution in [2.24, 2.45) is 5.92 Å². The van der Waals surface area contributed by atoms with Crippen LogP contribution >= 0.6 is 11.8 Å². The van der Waals surface area contributed by atoms with E-state index in [0.29, 0.717) is 18.7 Å². The zero-order chi connectivity index (χ0) is 13.3. The van der Waals surface area contributed by atoms with Crippen molar-refractivity contribution >= 4 is 23.6 Å². The first-order chi connectivity index (χ1) is 8.52. The number of carboxylic acids is 1. The van der Waals surface area contributed by atoms with Gasteiger partial charge in [-0.3, -0.25) is 9.59 Å². The number of aliphatic carboxylic acids is 1. The van der Waals surface area contributed by atoms with E-state index in [2.05, 4.69) is 0 Å². The number of carbonyl (C=O) groups is 2. The number of thioether (sulfide) groups is 1. The number of benzene rings is 1. The van der Waals surface area contributed by atoms with Crippen molar-refractivity contribution in [3.05, 3.63) is 29.3 Å². The Hall–Kier alpha value is -1.49. The third-order valence-electron chi connectivity index (χ3n) is 3.19. The fourth-order valence-electron chi connectivity index (χ4n) is 1.93. The highest BCUT2D eigenvalue weighted by atomic mass is 32.2. The van der Waals surface area contributed by atoms with Gasteiger partial charge in [0.25, 0.3) is 5.91 Å². The first-order valence-electron chi connectivity index (χ1n) is 5.69. The molecule has 0 radical (unpaired) electrons. The maximum absolute atomic E-state index is 12.2. The van der Waals surface area contributed by atoms with Gasteiger partial charge in [-0.25, -0.2) is 0 Å². The van der Waals surface area contributed by atoms with Crippen LogP contribution in [0.5, 0.6) is 0 Å². The van der Waals surface area contributed by atoms with Crippen molar-refractivity contribution < 1.29 is 14.7 Å². The molecule has 1 aromatic rings. The number of hydrogen-bond donors (Lipinski definition) is 1. The van der Waals surface area contributed by atoms with Crippen LogP contribution in [0.2, 0.25) is 0 Å². The van der Waals surface area contributed by atoms with E-state index < -0.39 is 11.9 Å². The zero-order valence-corrected chi connectivity index (χ0v) is 11.2. The lowest BCUT2D eigenvalue weighted by atomic mass is 9.98. The third-order valence-corrected chi connectivity index (χ3v) is 3.92. The minimum atomic E-state index is -0.825. The Kier molecular flexibility index (Phi) is 3.61. The second kappa shape index (κ2) is 5.02. The van der Waals surface area contributed by atoms with E-state index in [4.69, 9.17) is 5.11 Å². The maximum atomic E-state index is 12.2. The average Bonchev–Trinajstić information content (AvgIpc) is 2.27. The van der Waals surface area contributed by atoms with E-state index >= 15 is 0 Å². The van der Waals surface area contributed by atoms with Crippen LogP contribution in [-0.2, 0) is 4.79 Å². The Bertz CT molecular complexity index is 495. The predicted molar refractivity (Wildman–Crippen MR) is 70.0 cm³/mol. The van der Waals surface area contributed by atoms with Crippen molar-refractivity contribution in [3.63, 3.8) is 0 Å². The molecule has 0 bridgehead atoms. The van der Waals surface area contributed by atoms with Crippen LogP contribution in [0.3, 0.4) is 0 Å². The van der Waals surface area contributed by atoms with Crippen LogP contribution in [-0.4, -0.2) is 41.2 Å². The molecule has 1 aliphatic heterocycles. The van der Waals surface area contributed by atoms with Gasteiger partial charge in [0.2, 0.25) is 0 Å². The third kappa shape index (κ3) is 2.36. The molecule has 18 heavy (non-hydrogen) atoms. The van der Waals surface area contributed by atoms with Crippen molar-refractivity contribution in [2.75, 3.05) is 19.3 Å². The lowest BCUT2D eigenvalue weighted by Crippen LogP contribution is -2.53. The molecular formula is C13H15NO3S. The van der Waals surface area contributed by atoms with Gasteiger partial charge in [0.05, 0.1) is 5.92 Å². The van der Waals surface area contributed by atoms with E-state index in [1.165, 1.54) is 0 Å². The van der Waals surface area contributed by atoms with E-state index in [9.17, 15) is 9.59 Å². The minimum absolute atomic E-state index is 0.0686. The highest BCUT2D eigenvalue weighted by molar-refractivity contribution is 7.98. The molecule has 1 saturated heterocycles. The smallest absolute Gasteiger partial charge is 0.310 e. The van der Waals surface area contributed by atoms with Crippen LogP contribution in [0, 0.1) is 12.8 Å². The number of likely N-dealkylation sites (tertiary alicyclic amines) is 1. The summed E-state index contributed by atoms with van der Waals surface area (Å²) >= 11 is 1.59. The van der Waals surface area contributed by atoms with E-state index in [0.717, 1.165) is 10.5 Å². The molecule has 1 N–H and O–H groups in total. The van der Waals surface area contributed by atoms with E-state index in [-0.39, 0.29) is 5.91 Å². The summed E-state index contributed by atoms with van der Waals surface area (Å²) in [4.78, 5) is 25.5. The summed E-state index contributed by atoms with van der Waals surface area (Å²) in [6, 6.07) is 5.77. The summed E-state index contributed by atoms with van der Waals surface area (Å²) in [5, 5.41) is 8.80. The van der Waals surface area contributed by atoms with Gasteiger partial charge in [-0.05, 0) is 30.9 Å². The number of aryl methyl sites for hydroxylation is 1. The molecule has 4 nitrogen and oxygen atoms in total. The number of amides is 1. The van der Waals surface area contributed by atoms with Gasteiger partial charge in [0.15, 0.2) is 0 Å². The fraction of sp³-hybridized carbons (Fsp3) is 0.385. The maximum Gasteiger partial charge on any atom is 0.310 e. The number of carbonyl (C=O) groups excluding carboxylic acids is 1. The van der Waals surface area contributed by atoms with Crippen LogP contribution < -0.4 is 0 Å². The fourth-order valence-corrected chi connectivity index (χ4v) is 2.37. The lowest BCUT2D eigenvalue weighted by Gasteiger charge is -2.37. The summed E-state index contributed by atoms with van der Waals surface area (Å²) in [5.74, 6) is -1.30. The first kappa shape index (κ1) is 13.0. The van der Waals surface area contributed by atoms with Crippen molar-refractivity contribution in [1.82, 2.24) is 4.90 Å². The summed E-state index contributed by atoms with van der Waals surface area (Å²) in [6.45, 7) is 2.53. The summed E-state index contributed by atoms with van der Waals surface area (Å²) < 4.78 is 0. The lowest BCUT2D eigenvalue weighted by molar-refractivity contribution is -0.146. The number of rotatable bonds is 3. The van der Waals surface area contributed by atoms with Crippen molar-refractivity contribution in [1.29, 1.82) is 0 Å². The standard InChI is InChI=1S/C13H15NO3S/c1-8-3-4-10(18-2)5-11(8)12(15)14-6-9(7-14)13(16)17/h3-5,9H,6-7H2,1-2H3,(H,16,17). The Balaban J connectivity index is 2.13. The number of hydrogen-bond acceptors (Lipinski definition) is 3. The zero-order valence-electron chi connectivity index (χ0n) is 10.3. The predicted octanol–water partition coefficient (Wildman–Crippen LogP) is 1.87. The highest BCUT2D eigenvalue weighted by Crippen LogP contribution is 2.24. The van der Waals surface area contributed by atoms with Gasteiger partial charge >= 0.3 is 5.97 Å². The number of carboxylic acid groups (broad SMARTS) is 1. The molecule has 1 aromatic carbocycles. The Morgan fingerprint density at radius 2 is 2.06 bits per heavy atom. The van der Waals surface area contributed by atoms with Gasteiger partial charge in [0, 0.05) is 23.5 Å². The summed E-state index contributed by atoms with van der Waals surface area (Å²) in [6.07, 6.45) is 1.96. The van der Waals surface area contributed by atoms with Crippen LogP contribution in [0.1, 0.15) is 15.9 Å². The van der Waals surface area contributed by atoms with Crippen LogP contribution in [0.4, 0.5) is 0 Å². The SMILES string of the molecule is CSc1ccc(C)c(C(=O)N2CC(C(=O)O)C2)c1. The average molecular weight is 265 g/mol. The van der Waals surface area contributed by atoms with Crippen molar-refractivity contribution in [3.8, 4) is 0 Å². The molecule has 0 spiro atoms. The van der Waals surface area contributed by atoms with Gasteiger partial charge < -0.3 is 10.0 Å². The second-order valence-electron chi connectivity index (χ2n) is 4.43. The van der Waals surface area contributed by atoms with Gasteiger partial charge in [-0.1, -0.05) is 6.07 Å². The molecule has 0 atom stereocenters. The normalized spacial score (nSPS) is 15.3. The molecule has 0 aliphatic carbocycles.